The zero-order valence-electron chi connectivity index (χ0n) is 56.7. The molecular formula is C72H95N11O11S. The largest absolute Gasteiger partial charge is 0.496 e. The number of carbonyl (C=O) groups excluding carboxylic acids is 4. The molecule has 4 atom stereocenters. The SMILES string of the molecule is [C-]#[N+]c1c(C(=O)OC2C(C)CC(C)CC2C)c2nc(-c3cc(NS(=O)(=O)CCCCCCCCCCCC)ccc3OC)[nH]n2c1OC(=O)N(CC=C)CC=C.[C-]#[N+]c1c(C(=O)OC2C(C)CC(C)CC2C)c2nc(-c3ccc(C)cc3)[nH]n2c1OC(=O)N(CC=C)CC=C. The smallest absolute Gasteiger partial charge is 0.416 e. The van der Waals surface area contributed by atoms with Crippen molar-refractivity contribution in [3.8, 4) is 40.3 Å². The van der Waals surface area contributed by atoms with Crippen molar-refractivity contribution in [3.05, 3.63) is 133 Å². The maximum absolute atomic E-state index is 14.1. The van der Waals surface area contributed by atoms with Crippen molar-refractivity contribution in [2.45, 2.75) is 157 Å². The molecule has 4 unspecified atom stereocenters. The molecule has 8 rings (SSSR count). The topological polar surface area (TPSA) is 242 Å². The summed E-state index contributed by atoms with van der Waals surface area (Å²) < 4.78 is 60.9. The number of aryl methyl sites for hydroxylation is 1. The van der Waals surface area contributed by atoms with Crippen molar-refractivity contribution in [1.82, 2.24) is 39.0 Å². The second-order valence-electron chi connectivity index (χ2n) is 25.6. The van der Waals surface area contributed by atoms with Crippen LogP contribution in [-0.4, -0.2) is 123 Å². The molecule has 2 aliphatic rings. The maximum Gasteiger partial charge on any atom is 0.416 e. The molecule has 0 aliphatic heterocycles. The average molecular weight is 1320 g/mol. The zero-order chi connectivity index (χ0) is 69.1. The highest BCUT2D eigenvalue weighted by Gasteiger charge is 2.40. The van der Waals surface area contributed by atoms with Crippen LogP contribution in [0.4, 0.5) is 26.7 Å². The Labute approximate surface area is 559 Å². The molecule has 23 heteroatoms. The molecule has 2 aliphatic carbocycles. The number of benzene rings is 2. The lowest BCUT2D eigenvalue weighted by Gasteiger charge is -2.37. The van der Waals surface area contributed by atoms with E-state index in [1.54, 1.807) is 30.4 Å². The Morgan fingerprint density at radius 3 is 1.45 bits per heavy atom. The van der Waals surface area contributed by atoms with Gasteiger partial charge in [0.15, 0.2) is 22.9 Å². The summed E-state index contributed by atoms with van der Waals surface area (Å²) in [7, 11) is -2.19. The van der Waals surface area contributed by atoms with Crippen molar-refractivity contribution in [2.24, 2.45) is 35.5 Å². The van der Waals surface area contributed by atoms with Crippen LogP contribution in [0, 0.1) is 55.6 Å². The number of aromatic amines is 2. The number of hydrogen-bond acceptors (Lipinski definition) is 13. The van der Waals surface area contributed by atoms with Gasteiger partial charge < -0.3 is 33.5 Å². The summed E-state index contributed by atoms with van der Waals surface area (Å²) >= 11 is 0. The van der Waals surface area contributed by atoms with Gasteiger partial charge in [0.25, 0.3) is 11.4 Å². The minimum absolute atomic E-state index is 0.00345. The van der Waals surface area contributed by atoms with E-state index in [4.69, 9.17) is 41.8 Å². The minimum atomic E-state index is -3.66. The number of anilines is 1. The van der Waals surface area contributed by atoms with Crippen molar-refractivity contribution < 1.29 is 51.3 Å². The van der Waals surface area contributed by atoms with Crippen LogP contribution in [0.5, 0.6) is 17.5 Å². The van der Waals surface area contributed by atoms with Gasteiger partial charge in [-0.05, 0) is 92.7 Å². The fourth-order valence-corrected chi connectivity index (χ4v) is 14.4. The predicted molar refractivity (Wildman–Crippen MR) is 371 cm³/mol. The molecule has 0 saturated heterocycles. The number of nitrogens with zero attached hydrogens (tertiary/aromatic N) is 8. The summed E-state index contributed by atoms with van der Waals surface area (Å²) in [4.78, 5) is 73.6. The number of ether oxygens (including phenoxy) is 5. The fraction of sp³-hybridized carbons (Fsp3) is 0.500. The number of esters is 2. The van der Waals surface area contributed by atoms with E-state index in [0.29, 0.717) is 41.1 Å². The second-order valence-corrected chi connectivity index (χ2v) is 27.5. The molecular weight excluding hydrogens is 1230 g/mol. The van der Waals surface area contributed by atoms with Crippen molar-refractivity contribution in [3.63, 3.8) is 0 Å². The van der Waals surface area contributed by atoms with Crippen molar-refractivity contribution >= 4 is 62.5 Å². The van der Waals surface area contributed by atoms with Crippen LogP contribution in [0.15, 0.2) is 93.1 Å². The van der Waals surface area contributed by atoms with Gasteiger partial charge in [-0.25, -0.2) is 56.3 Å². The lowest BCUT2D eigenvalue weighted by molar-refractivity contribution is -0.0253. The zero-order valence-corrected chi connectivity index (χ0v) is 57.5. The Bertz CT molecular complexity index is 3840. The van der Waals surface area contributed by atoms with E-state index in [2.05, 4.69) is 90.5 Å². The van der Waals surface area contributed by atoms with Crippen LogP contribution in [0.25, 0.3) is 43.8 Å². The van der Waals surface area contributed by atoms with Gasteiger partial charge in [-0.1, -0.05) is 160 Å². The molecule has 2 saturated carbocycles. The average Bonchev–Trinajstić information content (AvgIpc) is 1.60. The normalized spacial score (nSPS) is 19.2. The summed E-state index contributed by atoms with van der Waals surface area (Å²) in [5.41, 5.74) is 2.10. The number of methoxy groups -OCH3 is 1. The number of rotatable bonds is 30. The molecule has 95 heavy (non-hydrogen) atoms. The number of aromatic nitrogens is 6. The summed E-state index contributed by atoms with van der Waals surface area (Å²) in [6.45, 7) is 48.3. The Kier molecular flexibility index (Phi) is 26.5. The van der Waals surface area contributed by atoms with Crippen LogP contribution in [0.3, 0.4) is 0 Å². The first-order valence-electron chi connectivity index (χ1n) is 33.1. The van der Waals surface area contributed by atoms with E-state index in [0.717, 1.165) is 56.1 Å². The summed E-state index contributed by atoms with van der Waals surface area (Å²) in [5.74, 6) is 0.723. The molecule has 4 aromatic heterocycles. The Hall–Kier alpha value is -9.09. The van der Waals surface area contributed by atoms with E-state index >= 15 is 0 Å². The molecule has 0 bridgehead atoms. The Morgan fingerprint density at radius 2 is 1.04 bits per heavy atom. The number of H-pyrrole nitrogens is 2. The van der Waals surface area contributed by atoms with Gasteiger partial charge in [0.2, 0.25) is 21.8 Å². The van der Waals surface area contributed by atoms with Gasteiger partial charge in [0, 0.05) is 37.4 Å². The molecule has 0 spiro atoms. The van der Waals surface area contributed by atoms with E-state index in [9.17, 15) is 27.6 Å². The van der Waals surface area contributed by atoms with Crippen LogP contribution in [-0.2, 0) is 19.5 Å². The standard InChI is InChI=1S/C42H60N6O7S.C30H35N5O4/c1-9-12-13-14-15-16-17-18-19-20-25-56(51,52)46-32-21-22-34(53-8)33(28-32)38-44-39-35(41(49)54-37-30(5)26-29(4)27-31(37)6)36(43-7)40(48(39)45-38)55-42(50)47(23-10-2)24-11-3;1-8-14-34(15-9-2)30(37)39-28-24(31-7)23(29(36)38-25-20(5)16-19(4)17-21(25)6)27-32-26(33-35(27)28)22-12-10-18(3)11-13-22/h10-11,21-22,28-31,37,46H,2-3,9,12-20,23-27H2,1,4-6,8H3,(H,44,45);8-13,19-21,25H,1-2,14-17H2,3-6H3,(H,32,33). The molecule has 3 N–H and O–H groups in total. The third-order valence-corrected chi connectivity index (χ3v) is 19.0. The van der Waals surface area contributed by atoms with E-state index < -0.39 is 40.3 Å². The summed E-state index contributed by atoms with van der Waals surface area (Å²) in [5, 5.41) is 6.17. The van der Waals surface area contributed by atoms with Crippen LogP contribution < -0.4 is 18.9 Å². The van der Waals surface area contributed by atoms with Crippen LogP contribution in [0.2, 0.25) is 0 Å². The van der Waals surface area contributed by atoms with Gasteiger partial charge >= 0.3 is 24.1 Å². The first-order chi connectivity index (χ1) is 45.5. The molecule has 4 heterocycles. The number of amides is 2. The van der Waals surface area contributed by atoms with Gasteiger partial charge in [-0.2, -0.15) is 0 Å². The molecule has 22 nitrogen and oxygen atoms in total. The van der Waals surface area contributed by atoms with Crippen molar-refractivity contribution in [1.29, 1.82) is 0 Å². The molecule has 2 fully saturated rings. The van der Waals surface area contributed by atoms with E-state index in [-0.39, 0.29) is 113 Å². The quantitative estimate of drug-likeness (QED) is 0.0165. The first-order valence-corrected chi connectivity index (χ1v) is 34.8. The number of carbonyl (C=O) groups is 4. The third kappa shape index (κ3) is 18.4. The Balaban J connectivity index is 0.000000286. The Morgan fingerprint density at radius 1 is 0.632 bits per heavy atom. The van der Waals surface area contributed by atoms with Gasteiger partial charge in [0.1, 0.15) is 29.1 Å². The van der Waals surface area contributed by atoms with Crippen LogP contribution >= 0.6 is 0 Å². The first kappa shape index (κ1) is 73.3. The lowest BCUT2D eigenvalue weighted by Crippen LogP contribution is -2.37. The molecule has 2 aromatic carbocycles. The van der Waals surface area contributed by atoms with E-state index in [1.807, 2.05) is 45.0 Å². The highest BCUT2D eigenvalue weighted by Crippen LogP contribution is 2.44. The number of sulfonamides is 1. The molecule has 0 radical (unpaired) electrons. The second kappa shape index (κ2) is 34.4. The number of fused-ring (bicyclic) bond motifs is 2. The fourth-order valence-electron chi connectivity index (χ4n) is 13.2. The predicted octanol–water partition coefficient (Wildman–Crippen LogP) is 16.5. The lowest BCUT2D eigenvalue weighted by atomic mass is 9.75. The third-order valence-electron chi connectivity index (χ3n) is 17.6. The number of hydrogen-bond donors (Lipinski definition) is 3. The maximum atomic E-state index is 14.1. The molecule has 510 valence electrons. The van der Waals surface area contributed by atoms with Crippen LogP contribution in [0.1, 0.15) is 165 Å². The molecule has 2 amide bonds. The monoisotopic (exact) mass is 1320 g/mol. The highest BCUT2D eigenvalue weighted by atomic mass is 32.2. The minimum Gasteiger partial charge on any atom is -0.496 e. The van der Waals surface area contributed by atoms with E-state index in [1.165, 1.54) is 76.6 Å². The number of nitrogens with one attached hydrogen (secondary N) is 3. The van der Waals surface area contributed by atoms with Gasteiger partial charge in [0.05, 0.1) is 31.6 Å². The van der Waals surface area contributed by atoms with Gasteiger partial charge in [-0.3, -0.25) is 14.9 Å². The summed E-state index contributed by atoms with van der Waals surface area (Å²) in [6.07, 6.45) is 18.6. The van der Waals surface area contributed by atoms with Crippen molar-refractivity contribution in [2.75, 3.05) is 43.8 Å². The van der Waals surface area contributed by atoms with Gasteiger partial charge in [-0.15, -0.1) is 26.3 Å². The molecule has 6 aromatic rings. The summed E-state index contributed by atoms with van der Waals surface area (Å²) in [6, 6.07) is 12.5. The number of unbranched alkanes of at least 4 members (excludes halogenated alkanes) is 9. The highest BCUT2D eigenvalue weighted by molar-refractivity contribution is 7.92.